The quantitative estimate of drug-likeness (QED) is 0.838. The van der Waals surface area contributed by atoms with Gasteiger partial charge < -0.3 is 14.7 Å². The molecule has 1 heterocycles. The monoisotopic (exact) mass is 232 g/mol. The molecular weight excluding hydrogens is 216 g/mol. The van der Waals surface area contributed by atoms with Gasteiger partial charge in [0.15, 0.2) is 0 Å². The number of hydrogen-bond acceptors (Lipinski definition) is 4. The average Bonchev–Trinajstić information content (AvgIpc) is 2.39. The van der Waals surface area contributed by atoms with Gasteiger partial charge in [-0.1, -0.05) is 6.07 Å². The molecule has 2 rings (SSSR count). The fourth-order valence-electron chi connectivity index (χ4n) is 2.04. The van der Waals surface area contributed by atoms with Crippen LogP contribution >= 0.6 is 0 Å². The number of morpholine rings is 1. The minimum atomic E-state index is -0.527. The molecule has 17 heavy (non-hydrogen) atoms. The Balaban J connectivity index is 2.37. The molecule has 0 aliphatic carbocycles. The van der Waals surface area contributed by atoms with Crippen molar-refractivity contribution in [3.05, 3.63) is 29.3 Å². The molecule has 1 saturated heterocycles. The fourth-order valence-corrected chi connectivity index (χ4v) is 2.04. The standard InChI is InChI=1S/C13H16N2O2/c1-10(16)12-3-2-11(9-14)8-13(12)15-4-6-17-7-5-15/h2-3,8,10,16H,4-7H2,1H3/t10-/m0/s1. The van der Waals surface area contributed by atoms with Gasteiger partial charge in [-0.3, -0.25) is 0 Å². The maximum atomic E-state index is 9.76. The van der Waals surface area contributed by atoms with Crippen LogP contribution in [0, 0.1) is 11.3 Å². The van der Waals surface area contributed by atoms with Gasteiger partial charge >= 0.3 is 0 Å². The first kappa shape index (κ1) is 11.9. The molecule has 1 fully saturated rings. The highest BCUT2D eigenvalue weighted by Gasteiger charge is 2.17. The first-order valence-corrected chi connectivity index (χ1v) is 5.77. The molecule has 0 bridgehead atoms. The lowest BCUT2D eigenvalue weighted by atomic mass is 10.0. The van der Waals surface area contributed by atoms with E-state index in [-0.39, 0.29) is 0 Å². The van der Waals surface area contributed by atoms with E-state index >= 15 is 0 Å². The highest BCUT2D eigenvalue weighted by Crippen LogP contribution is 2.28. The van der Waals surface area contributed by atoms with E-state index in [9.17, 15) is 5.11 Å². The van der Waals surface area contributed by atoms with E-state index in [1.165, 1.54) is 0 Å². The Morgan fingerprint density at radius 2 is 2.12 bits per heavy atom. The minimum absolute atomic E-state index is 0.527. The van der Waals surface area contributed by atoms with Crippen molar-refractivity contribution in [3.8, 4) is 6.07 Å². The van der Waals surface area contributed by atoms with Gasteiger partial charge in [-0.25, -0.2) is 0 Å². The summed E-state index contributed by atoms with van der Waals surface area (Å²) in [4.78, 5) is 2.16. The van der Waals surface area contributed by atoms with Gasteiger partial charge in [0.2, 0.25) is 0 Å². The van der Waals surface area contributed by atoms with Crippen LogP contribution in [0.4, 0.5) is 5.69 Å². The van der Waals surface area contributed by atoms with Crippen molar-refractivity contribution in [1.29, 1.82) is 5.26 Å². The Labute approximate surface area is 101 Å². The maximum Gasteiger partial charge on any atom is 0.0992 e. The number of aliphatic hydroxyl groups is 1. The van der Waals surface area contributed by atoms with Crippen LogP contribution in [-0.2, 0) is 4.74 Å². The zero-order valence-electron chi connectivity index (χ0n) is 9.89. The van der Waals surface area contributed by atoms with Crippen molar-refractivity contribution < 1.29 is 9.84 Å². The third-order valence-corrected chi connectivity index (χ3v) is 2.96. The number of hydrogen-bond donors (Lipinski definition) is 1. The molecule has 1 aliphatic heterocycles. The predicted molar refractivity (Wildman–Crippen MR) is 64.8 cm³/mol. The van der Waals surface area contributed by atoms with Crippen molar-refractivity contribution >= 4 is 5.69 Å². The molecule has 4 heteroatoms. The molecule has 1 aromatic carbocycles. The fraction of sp³-hybridized carbons (Fsp3) is 0.462. The zero-order chi connectivity index (χ0) is 12.3. The Hall–Kier alpha value is -1.57. The van der Waals surface area contributed by atoms with Crippen molar-refractivity contribution in [2.45, 2.75) is 13.0 Å². The number of aliphatic hydroxyl groups excluding tert-OH is 1. The molecule has 90 valence electrons. The Morgan fingerprint density at radius 1 is 1.41 bits per heavy atom. The first-order valence-electron chi connectivity index (χ1n) is 5.77. The molecule has 0 saturated carbocycles. The SMILES string of the molecule is C[C@H](O)c1ccc(C#N)cc1N1CCOCC1. The smallest absolute Gasteiger partial charge is 0.0992 e. The van der Waals surface area contributed by atoms with E-state index < -0.39 is 6.10 Å². The van der Waals surface area contributed by atoms with Gasteiger partial charge in [0.25, 0.3) is 0 Å². The molecule has 1 N–H and O–H groups in total. The summed E-state index contributed by atoms with van der Waals surface area (Å²) in [6.45, 7) is 4.72. The van der Waals surface area contributed by atoms with Crippen molar-refractivity contribution in [1.82, 2.24) is 0 Å². The summed E-state index contributed by atoms with van der Waals surface area (Å²) >= 11 is 0. The van der Waals surface area contributed by atoms with Gasteiger partial charge in [-0.05, 0) is 19.1 Å². The summed E-state index contributed by atoms with van der Waals surface area (Å²) in [6, 6.07) is 7.54. The second-order valence-electron chi connectivity index (χ2n) is 4.16. The van der Waals surface area contributed by atoms with Crippen LogP contribution in [0.15, 0.2) is 18.2 Å². The van der Waals surface area contributed by atoms with Crippen molar-refractivity contribution in [2.75, 3.05) is 31.2 Å². The molecule has 1 aromatic rings. The van der Waals surface area contributed by atoms with E-state index in [2.05, 4.69) is 11.0 Å². The zero-order valence-corrected chi connectivity index (χ0v) is 9.89. The van der Waals surface area contributed by atoms with Crippen molar-refractivity contribution in [3.63, 3.8) is 0 Å². The summed E-state index contributed by atoms with van der Waals surface area (Å²) in [5, 5.41) is 18.7. The van der Waals surface area contributed by atoms with E-state index in [4.69, 9.17) is 10.00 Å². The average molecular weight is 232 g/mol. The normalized spacial score (nSPS) is 17.6. The third-order valence-electron chi connectivity index (χ3n) is 2.96. The van der Waals surface area contributed by atoms with Gasteiger partial charge in [0, 0.05) is 24.3 Å². The molecule has 0 spiro atoms. The van der Waals surface area contributed by atoms with Gasteiger partial charge in [-0.2, -0.15) is 5.26 Å². The van der Waals surface area contributed by atoms with Gasteiger partial charge in [0.1, 0.15) is 0 Å². The summed E-state index contributed by atoms with van der Waals surface area (Å²) in [5.41, 5.74) is 2.43. The lowest BCUT2D eigenvalue weighted by Crippen LogP contribution is -2.37. The van der Waals surface area contributed by atoms with E-state index in [1.54, 1.807) is 13.0 Å². The molecular formula is C13H16N2O2. The largest absolute Gasteiger partial charge is 0.389 e. The first-order chi connectivity index (χ1) is 8.22. The molecule has 4 nitrogen and oxygen atoms in total. The number of benzene rings is 1. The second-order valence-corrected chi connectivity index (χ2v) is 4.16. The second kappa shape index (κ2) is 5.17. The molecule has 1 aliphatic rings. The Kier molecular flexibility index (Phi) is 3.62. The number of nitriles is 1. The van der Waals surface area contributed by atoms with Crippen LogP contribution in [0.2, 0.25) is 0 Å². The lowest BCUT2D eigenvalue weighted by molar-refractivity contribution is 0.122. The third kappa shape index (κ3) is 2.57. The Bertz CT molecular complexity index is 432. The summed E-state index contributed by atoms with van der Waals surface area (Å²) in [5.74, 6) is 0. The van der Waals surface area contributed by atoms with Crippen LogP contribution in [-0.4, -0.2) is 31.4 Å². The summed E-state index contributed by atoms with van der Waals surface area (Å²) in [6.07, 6.45) is -0.527. The Morgan fingerprint density at radius 3 is 2.71 bits per heavy atom. The molecule has 0 unspecified atom stereocenters. The van der Waals surface area contributed by atoms with Crippen LogP contribution in [0.5, 0.6) is 0 Å². The number of nitrogens with zero attached hydrogens (tertiary/aromatic N) is 2. The minimum Gasteiger partial charge on any atom is -0.389 e. The van der Waals surface area contributed by atoms with E-state index in [1.807, 2.05) is 12.1 Å². The number of anilines is 1. The highest BCUT2D eigenvalue weighted by molar-refractivity contribution is 5.58. The van der Waals surface area contributed by atoms with Gasteiger partial charge in [-0.15, -0.1) is 0 Å². The molecule has 0 radical (unpaired) electrons. The van der Waals surface area contributed by atoms with E-state index in [0.717, 1.165) is 24.3 Å². The topological polar surface area (TPSA) is 56.5 Å². The van der Waals surface area contributed by atoms with E-state index in [0.29, 0.717) is 18.8 Å². The number of ether oxygens (including phenoxy) is 1. The molecule has 0 amide bonds. The predicted octanol–water partition coefficient (Wildman–Crippen LogP) is 1.45. The highest BCUT2D eigenvalue weighted by atomic mass is 16.5. The van der Waals surface area contributed by atoms with Crippen LogP contribution < -0.4 is 4.90 Å². The summed E-state index contributed by atoms with van der Waals surface area (Å²) in [7, 11) is 0. The van der Waals surface area contributed by atoms with Crippen LogP contribution in [0.1, 0.15) is 24.2 Å². The summed E-state index contributed by atoms with van der Waals surface area (Å²) < 4.78 is 5.31. The van der Waals surface area contributed by atoms with Gasteiger partial charge in [0.05, 0.1) is 31.0 Å². The van der Waals surface area contributed by atoms with Crippen LogP contribution in [0.3, 0.4) is 0 Å². The maximum absolute atomic E-state index is 9.76. The van der Waals surface area contributed by atoms with Crippen LogP contribution in [0.25, 0.3) is 0 Å². The lowest BCUT2D eigenvalue weighted by Gasteiger charge is -2.31. The van der Waals surface area contributed by atoms with Crippen molar-refractivity contribution in [2.24, 2.45) is 0 Å². The molecule has 0 aromatic heterocycles. The molecule has 1 atom stereocenters. The number of rotatable bonds is 2.